The maximum atomic E-state index is 12.2. The van der Waals surface area contributed by atoms with E-state index in [1.165, 1.54) is 12.8 Å². The van der Waals surface area contributed by atoms with Crippen molar-refractivity contribution in [3.63, 3.8) is 0 Å². The second kappa shape index (κ2) is 8.37. The van der Waals surface area contributed by atoms with Gasteiger partial charge in [-0.25, -0.2) is 0 Å². The number of esters is 1. The lowest BCUT2D eigenvalue weighted by Gasteiger charge is -2.67. The molecule has 7 rings (SSSR count). The van der Waals surface area contributed by atoms with Gasteiger partial charge in [0.15, 0.2) is 6.29 Å². The summed E-state index contributed by atoms with van der Waals surface area (Å²) in [5, 5.41) is 20.7. The zero-order valence-corrected chi connectivity index (χ0v) is 22.5. The van der Waals surface area contributed by atoms with Crippen LogP contribution in [0.3, 0.4) is 0 Å². The van der Waals surface area contributed by atoms with Crippen LogP contribution in [0.1, 0.15) is 85.0 Å². The van der Waals surface area contributed by atoms with Crippen molar-refractivity contribution in [2.45, 2.75) is 134 Å². The van der Waals surface area contributed by atoms with Crippen LogP contribution in [-0.4, -0.2) is 64.8 Å². The maximum Gasteiger partial charge on any atom is 0.308 e. The molecule has 0 amide bonds. The molecule has 7 aliphatic rings. The smallest absolute Gasteiger partial charge is 0.308 e. The van der Waals surface area contributed by atoms with E-state index in [1.807, 2.05) is 0 Å². The summed E-state index contributed by atoms with van der Waals surface area (Å²) < 4.78 is 24.9. The van der Waals surface area contributed by atoms with Gasteiger partial charge < -0.3 is 34.9 Å². The molecule has 0 spiro atoms. The summed E-state index contributed by atoms with van der Waals surface area (Å²) in [4.78, 5) is 12.2. The molecule has 7 fully saturated rings. The van der Waals surface area contributed by atoms with Crippen molar-refractivity contribution in [3.8, 4) is 0 Å². The molecule has 0 aromatic rings. The normalized spacial score (nSPS) is 60.6. The number of aliphatic hydroxyl groups excluding tert-OH is 2. The van der Waals surface area contributed by atoms with Crippen LogP contribution in [0.15, 0.2) is 0 Å². The number of hydrogen-bond donors (Lipinski definition) is 3. The van der Waals surface area contributed by atoms with E-state index >= 15 is 0 Å². The van der Waals surface area contributed by atoms with Gasteiger partial charge in [0.05, 0.1) is 36.4 Å². The van der Waals surface area contributed by atoms with E-state index in [9.17, 15) is 15.0 Å². The molecule has 8 heteroatoms. The zero-order chi connectivity index (χ0) is 25.9. The Hall–Kier alpha value is -0.770. The summed E-state index contributed by atoms with van der Waals surface area (Å²) in [6.07, 6.45) is 7.02. The molecule has 37 heavy (non-hydrogen) atoms. The molecule has 4 aliphatic carbocycles. The topological polar surface area (TPSA) is 120 Å². The Morgan fingerprint density at radius 2 is 1.76 bits per heavy atom. The van der Waals surface area contributed by atoms with E-state index in [1.54, 1.807) is 6.92 Å². The summed E-state index contributed by atoms with van der Waals surface area (Å²) in [6.45, 7) is 6.76. The first-order valence-electron chi connectivity index (χ1n) is 14.9. The number of aliphatic hydroxyl groups is 2. The second-order valence-electron chi connectivity index (χ2n) is 14.1. The number of carbonyl (C=O) groups excluding carboxylic acids is 1. The van der Waals surface area contributed by atoms with Crippen LogP contribution < -0.4 is 5.73 Å². The van der Waals surface area contributed by atoms with E-state index in [0.29, 0.717) is 30.1 Å². The molecule has 3 saturated heterocycles. The van der Waals surface area contributed by atoms with E-state index < -0.39 is 30.6 Å². The molecule has 8 nitrogen and oxygen atoms in total. The van der Waals surface area contributed by atoms with Gasteiger partial charge in [-0.3, -0.25) is 4.79 Å². The predicted molar refractivity (Wildman–Crippen MR) is 133 cm³/mol. The van der Waals surface area contributed by atoms with Crippen molar-refractivity contribution in [3.05, 3.63) is 0 Å². The Balaban J connectivity index is 1.09. The van der Waals surface area contributed by atoms with Gasteiger partial charge in [0, 0.05) is 11.3 Å². The van der Waals surface area contributed by atoms with Gasteiger partial charge >= 0.3 is 5.97 Å². The second-order valence-corrected chi connectivity index (χ2v) is 14.1. The standard InChI is InChI=1S/C29H45NO7/c1-14-23(32)22(30)24(33)26(34-14)35-16-6-9-27(2)15(12-16)4-5-20-19(27)7-10-28(3)18-8-11-29(20,28)37-25-17(18)13-21(31)36-25/h14-20,22-26,32-33H,4-13,30H2,1-3H3/t14-,15-,16+,17+,18-,19+,20-,22-,23-,24+,25-,26-,27+,28-,29+/m1/s1. The van der Waals surface area contributed by atoms with Crippen molar-refractivity contribution in [2.75, 3.05) is 0 Å². The fourth-order valence-corrected chi connectivity index (χ4v) is 10.9. The molecule has 0 aromatic carbocycles. The molecule has 3 aliphatic heterocycles. The van der Waals surface area contributed by atoms with E-state index in [-0.39, 0.29) is 40.7 Å². The third-order valence-electron chi connectivity index (χ3n) is 12.9. The van der Waals surface area contributed by atoms with Gasteiger partial charge in [-0.1, -0.05) is 13.8 Å². The molecule has 0 unspecified atom stereocenters. The fourth-order valence-electron chi connectivity index (χ4n) is 10.9. The first-order chi connectivity index (χ1) is 17.6. The van der Waals surface area contributed by atoms with Crippen molar-refractivity contribution in [1.29, 1.82) is 0 Å². The molecule has 3 heterocycles. The summed E-state index contributed by atoms with van der Waals surface area (Å²) in [5.41, 5.74) is 6.25. The first-order valence-corrected chi connectivity index (χ1v) is 14.9. The molecular weight excluding hydrogens is 474 g/mol. The van der Waals surface area contributed by atoms with Gasteiger partial charge in [0.25, 0.3) is 0 Å². The molecule has 4 saturated carbocycles. The highest BCUT2D eigenvalue weighted by molar-refractivity contribution is 5.72. The third-order valence-corrected chi connectivity index (χ3v) is 12.9. The van der Waals surface area contributed by atoms with Crippen LogP contribution in [0.25, 0.3) is 0 Å². The van der Waals surface area contributed by atoms with E-state index in [2.05, 4.69) is 13.8 Å². The number of nitrogens with two attached hydrogens (primary N) is 1. The van der Waals surface area contributed by atoms with Crippen molar-refractivity contribution >= 4 is 5.97 Å². The van der Waals surface area contributed by atoms with Crippen LogP contribution in [-0.2, 0) is 23.7 Å². The molecule has 4 N–H and O–H groups in total. The predicted octanol–water partition coefficient (Wildman–Crippen LogP) is 2.87. The average Bonchev–Trinajstić information content (AvgIpc) is 3.32. The molecule has 0 aromatic heterocycles. The van der Waals surface area contributed by atoms with Crippen LogP contribution in [0.2, 0.25) is 0 Å². The minimum absolute atomic E-state index is 0.0244. The Kier molecular flexibility index (Phi) is 5.70. The Bertz CT molecular complexity index is 947. The fraction of sp³-hybridized carbons (Fsp3) is 0.966. The summed E-state index contributed by atoms with van der Waals surface area (Å²) in [5.74, 6) is 2.36. The van der Waals surface area contributed by atoms with Gasteiger partial charge in [0.1, 0.15) is 6.10 Å². The summed E-state index contributed by atoms with van der Waals surface area (Å²) >= 11 is 0. The lowest BCUT2D eigenvalue weighted by atomic mass is 9.42. The van der Waals surface area contributed by atoms with E-state index in [0.717, 1.165) is 44.9 Å². The average molecular weight is 520 g/mol. The van der Waals surface area contributed by atoms with Gasteiger partial charge in [-0.2, -0.15) is 0 Å². The number of rotatable bonds is 2. The van der Waals surface area contributed by atoms with Crippen molar-refractivity contribution < 1.29 is 34.0 Å². The molecule has 15 atom stereocenters. The monoisotopic (exact) mass is 519 g/mol. The van der Waals surface area contributed by atoms with E-state index in [4.69, 9.17) is 24.7 Å². The number of ether oxygens (including phenoxy) is 4. The molecule has 2 bridgehead atoms. The minimum Gasteiger partial charge on any atom is -0.435 e. The van der Waals surface area contributed by atoms with Crippen molar-refractivity contribution in [1.82, 2.24) is 0 Å². The number of carbonyl (C=O) groups is 1. The van der Waals surface area contributed by atoms with Crippen molar-refractivity contribution in [2.24, 2.45) is 46.2 Å². The largest absolute Gasteiger partial charge is 0.435 e. The Morgan fingerprint density at radius 1 is 0.973 bits per heavy atom. The SMILES string of the molecule is C[C@H]1O[C@H](O[C@H]2CC[C@@]3(C)[C@H](CC[C@@H]4[C@@H]3CC[C@]3(C)[C@@H]5CC[C@]43O[C@H]3OC(=O)C[C@H]35)C2)[C@@H](O)[C@H](N)[C@@H]1O. The van der Waals surface area contributed by atoms with Crippen LogP contribution in [0.4, 0.5) is 0 Å². The Morgan fingerprint density at radius 3 is 2.57 bits per heavy atom. The number of fused-ring (bicyclic) bond motifs is 5. The number of hydrogen-bond acceptors (Lipinski definition) is 8. The molecule has 0 radical (unpaired) electrons. The highest BCUT2D eigenvalue weighted by Gasteiger charge is 2.73. The zero-order valence-electron chi connectivity index (χ0n) is 22.5. The van der Waals surface area contributed by atoms with Gasteiger partial charge in [-0.05, 0) is 93.8 Å². The van der Waals surface area contributed by atoms with Gasteiger partial charge in [-0.15, -0.1) is 0 Å². The highest BCUT2D eigenvalue weighted by atomic mass is 16.7. The third kappa shape index (κ3) is 3.32. The lowest BCUT2D eigenvalue weighted by molar-refractivity contribution is -0.324. The maximum absolute atomic E-state index is 12.2. The quantitative estimate of drug-likeness (QED) is 0.376. The van der Waals surface area contributed by atoms with Crippen LogP contribution in [0.5, 0.6) is 0 Å². The first kappa shape index (κ1) is 25.2. The highest BCUT2D eigenvalue weighted by Crippen LogP contribution is 2.74. The summed E-state index contributed by atoms with van der Waals surface area (Å²) in [7, 11) is 0. The van der Waals surface area contributed by atoms with Crippen LogP contribution >= 0.6 is 0 Å². The summed E-state index contributed by atoms with van der Waals surface area (Å²) in [6, 6.07) is -0.765. The minimum atomic E-state index is -1.03. The Labute approximate surface area is 219 Å². The molecular formula is C29H45NO7. The van der Waals surface area contributed by atoms with Crippen LogP contribution in [0, 0.1) is 40.4 Å². The molecule has 208 valence electrons. The van der Waals surface area contributed by atoms with Gasteiger partial charge in [0.2, 0.25) is 6.29 Å². The lowest BCUT2D eigenvalue weighted by Crippen LogP contribution is -2.67.